The molecule has 2 amide bonds. The van der Waals surface area contributed by atoms with Crippen LogP contribution in [0.3, 0.4) is 0 Å². The van der Waals surface area contributed by atoms with Gasteiger partial charge in [0, 0.05) is 68.2 Å². The summed E-state index contributed by atoms with van der Waals surface area (Å²) in [5.74, 6) is 0.327. The summed E-state index contributed by atoms with van der Waals surface area (Å²) in [4.78, 5) is 29.8. The van der Waals surface area contributed by atoms with Crippen molar-refractivity contribution < 1.29 is 19.1 Å². The maximum atomic E-state index is 13.2. The number of methoxy groups -OCH3 is 2. The van der Waals surface area contributed by atoms with Crippen molar-refractivity contribution in [3.05, 3.63) is 88.1 Å². The highest BCUT2D eigenvalue weighted by atomic mass is 35.5. The van der Waals surface area contributed by atoms with Crippen LogP contribution in [0.25, 0.3) is 22.4 Å². The first-order valence-electron chi connectivity index (χ1n) is 15.2. The molecule has 3 heterocycles. The van der Waals surface area contributed by atoms with Gasteiger partial charge in [-0.1, -0.05) is 48.5 Å². The van der Waals surface area contributed by atoms with E-state index >= 15 is 0 Å². The highest BCUT2D eigenvalue weighted by molar-refractivity contribution is 6.36. The van der Waals surface area contributed by atoms with Crippen molar-refractivity contribution in [2.24, 2.45) is 5.10 Å². The molecule has 0 saturated carbocycles. The fourth-order valence-corrected chi connectivity index (χ4v) is 6.72. The molecule has 3 atom stereocenters. The van der Waals surface area contributed by atoms with E-state index in [1.54, 1.807) is 38.6 Å². The predicted molar refractivity (Wildman–Crippen MR) is 180 cm³/mol. The predicted octanol–water partition coefficient (Wildman–Crippen LogP) is 5.18. The van der Waals surface area contributed by atoms with E-state index in [2.05, 4.69) is 33.7 Å². The number of anilines is 1. The van der Waals surface area contributed by atoms with Gasteiger partial charge in [0.2, 0.25) is 11.8 Å². The Morgan fingerprint density at radius 3 is 2.67 bits per heavy atom. The molecule has 11 heteroatoms. The summed E-state index contributed by atoms with van der Waals surface area (Å²) in [6, 6.07) is 13.6. The summed E-state index contributed by atoms with van der Waals surface area (Å²) in [6.45, 7) is 6.56. The number of ether oxygens (including phenoxy) is 2. The van der Waals surface area contributed by atoms with Crippen LogP contribution in [-0.2, 0) is 20.7 Å². The number of nitrogens with one attached hydrogen (secondary N) is 3. The van der Waals surface area contributed by atoms with Crippen molar-refractivity contribution in [3.8, 4) is 28.3 Å². The third-order valence-corrected chi connectivity index (χ3v) is 9.36. The van der Waals surface area contributed by atoms with E-state index in [1.807, 2.05) is 43.3 Å². The number of rotatable bonds is 9. The molecule has 0 bridgehead atoms. The lowest BCUT2D eigenvalue weighted by molar-refractivity contribution is -0.119. The Balaban J connectivity index is 1.30. The number of aromatic nitrogens is 1. The fourth-order valence-electron chi connectivity index (χ4n) is 6.40. The van der Waals surface area contributed by atoms with Crippen LogP contribution in [0.2, 0.25) is 5.02 Å². The number of halogens is 1. The molecule has 1 saturated heterocycles. The highest BCUT2D eigenvalue weighted by Gasteiger charge is 2.37. The summed E-state index contributed by atoms with van der Waals surface area (Å²) in [5, 5.41) is 15.9. The number of fused-ring (bicyclic) bond motifs is 1. The molecule has 3 aromatic rings. The maximum Gasteiger partial charge on any atom is 0.257 e. The number of pyridine rings is 1. The standard InChI is InChI=1S/C35H37ClN6O4/c1-19-23(8-7-11-27(19)40-34(44)24-14-15-38-42(3)20(24)2)25-9-6-10-26(32(25)36)28-16-21-17-29(45-4)33(31(21)35(41-28)46-5)37-18-22-12-13-30(43)39-22/h6-11,14-16,22,29,33,37H,2,12-13,17-18H2,1,3-5H3,(H,39,43)(H,40,44). The van der Waals surface area contributed by atoms with E-state index in [0.717, 1.165) is 39.8 Å². The number of benzene rings is 2. The zero-order chi connectivity index (χ0) is 32.5. The zero-order valence-electron chi connectivity index (χ0n) is 26.3. The molecule has 2 aromatic carbocycles. The maximum absolute atomic E-state index is 13.2. The second-order valence-electron chi connectivity index (χ2n) is 11.7. The first kappa shape index (κ1) is 31.5. The van der Waals surface area contributed by atoms with Gasteiger partial charge in [-0.15, -0.1) is 0 Å². The molecule has 1 aromatic heterocycles. The van der Waals surface area contributed by atoms with E-state index in [4.69, 9.17) is 26.1 Å². The number of amides is 2. The van der Waals surface area contributed by atoms with Crippen LogP contribution in [0, 0.1) is 6.92 Å². The molecule has 3 N–H and O–H groups in total. The number of nitrogens with zero attached hydrogens (tertiary/aromatic N) is 3. The Hall–Kier alpha value is -4.51. The Labute approximate surface area is 273 Å². The third-order valence-electron chi connectivity index (χ3n) is 8.95. The summed E-state index contributed by atoms with van der Waals surface area (Å²) in [7, 11) is 5.07. The van der Waals surface area contributed by atoms with E-state index in [1.165, 1.54) is 0 Å². The SMILES string of the molecule is C=C1C(C(=O)Nc2cccc(-c3cccc(-c4cc5c(c(OC)n4)C(NCC4CCC(=O)N4)C(OC)C5)c3Cl)c2C)=CC=NN1C. The molecule has 10 nitrogen and oxygen atoms in total. The highest BCUT2D eigenvalue weighted by Crippen LogP contribution is 2.43. The lowest BCUT2D eigenvalue weighted by atomic mass is 9.96. The molecule has 2 aliphatic heterocycles. The summed E-state index contributed by atoms with van der Waals surface area (Å²) >= 11 is 7.15. The zero-order valence-corrected chi connectivity index (χ0v) is 27.1. The number of carbonyl (C=O) groups excluding carboxylic acids is 2. The van der Waals surface area contributed by atoms with Crippen LogP contribution < -0.4 is 20.7 Å². The Kier molecular flexibility index (Phi) is 8.95. The summed E-state index contributed by atoms with van der Waals surface area (Å²) in [5.41, 5.74) is 7.68. The van der Waals surface area contributed by atoms with Crippen LogP contribution in [0.5, 0.6) is 5.88 Å². The Bertz CT molecular complexity index is 1790. The molecular weight excluding hydrogens is 604 g/mol. The van der Waals surface area contributed by atoms with Crippen LogP contribution in [0.4, 0.5) is 5.69 Å². The van der Waals surface area contributed by atoms with Crippen molar-refractivity contribution >= 4 is 35.3 Å². The van der Waals surface area contributed by atoms with E-state index in [-0.39, 0.29) is 30.0 Å². The third kappa shape index (κ3) is 5.91. The van der Waals surface area contributed by atoms with E-state index in [0.29, 0.717) is 52.9 Å². The van der Waals surface area contributed by atoms with Gasteiger partial charge in [-0.2, -0.15) is 5.10 Å². The minimum Gasteiger partial charge on any atom is -0.481 e. The number of hydrazone groups is 1. The fraction of sp³-hybridized carbons (Fsp3) is 0.314. The molecule has 3 unspecified atom stereocenters. The average molecular weight is 641 g/mol. The molecule has 3 aliphatic rings. The van der Waals surface area contributed by atoms with Gasteiger partial charge >= 0.3 is 0 Å². The first-order valence-corrected chi connectivity index (χ1v) is 15.6. The quantitative estimate of drug-likeness (QED) is 0.295. The molecule has 1 fully saturated rings. The van der Waals surface area contributed by atoms with Crippen molar-refractivity contribution in [3.63, 3.8) is 0 Å². The molecular formula is C35H37ClN6O4. The molecule has 0 spiro atoms. The smallest absolute Gasteiger partial charge is 0.257 e. The number of hydrogen-bond acceptors (Lipinski definition) is 8. The monoisotopic (exact) mass is 640 g/mol. The Morgan fingerprint density at radius 1 is 1.17 bits per heavy atom. The summed E-state index contributed by atoms with van der Waals surface area (Å²) < 4.78 is 11.7. The minimum absolute atomic E-state index is 0.0865. The van der Waals surface area contributed by atoms with Crippen LogP contribution in [-0.4, -0.2) is 68.0 Å². The lowest BCUT2D eigenvalue weighted by Crippen LogP contribution is -2.40. The Morgan fingerprint density at radius 2 is 1.93 bits per heavy atom. The van der Waals surface area contributed by atoms with Crippen LogP contribution in [0.1, 0.15) is 35.6 Å². The van der Waals surface area contributed by atoms with Gasteiger partial charge in [0.15, 0.2) is 0 Å². The van der Waals surface area contributed by atoms with Gasteiger partial charge in [0.05, 0.1) is 41.2 Å². The van der Waals surface area contributed by atoms with Gasteiger partial charge in [0.1, 0.15) is 0 Å². The molecule has 238 valence electrons. The van der Waals surface area contributed by atoms with Crippen LogP contribution >= 0.6 is 11.6 Å². The molecule has 0 radical (unpaired) electrons. The number of carbonyl (C=O) groups is 2. The lowest BCUT2D eigenvalue weighted by Gasteiger charge is -2.23. The first-order chi connectivity index (χ1) is 22.2. The topological polar surface area (TPSA) is 117 Å². The second-order valence-corrected chi connectivity index (χ2v) is 12.0. The second kappa shape index (κ2) is 13.1. The van der Waals surface area contributed by atoms with Crippen molar-refractivity contribution in [1.29, 1.82) is 0 Å². The molecule has 6 rings (SSSR count). The van der Waals surface area contributed by atoms with Gasteiger partial charge in [-0.3, -0.25) is 14.6 Å². The van der Waals surface area contributed by atoms with Gasteiger partial charge in [-0.25, -0.2) is 4.98 Å². The van der Waals surface area contributed by atoms with Crippen LogP contribution in [0.15, 0.2) is 71.5 Å². The van der Waals surface area contributed by atoms with Crippen molar-refractivity contribution in [2.45, 2.75) is 44.4 Å². The number of likely N-dealkylation sites (N-methyl/N-ethyl adjacent to an activating group) is 1. The van der Waals surface area contributed by atoms with Crippen molar-refractivity contribution in [2.75, 3.05) is 33.1 Å². The van der Waals surface area contributed by atoms with E-state index in [9.17, 15) is 9.59 Å². The number of hydrogen-bond donors (Lipinski definition) is 3. The number of allylic oxidation sites excluding steroid dienone is 1. The average Bonchev–Trinajstić information content (AvgIpc) is 3.64. The minimum atomic E-state index is -0.271. The summed E-state index contributed by atoms with van der Waals surface area (Å²) in [6.07, 6.45) is 5.14. The largest absolute Gasteiger partial charge is 0.481 e. The molecule has 46 heavy (non-hydrogen) atoms. The van der Waals surface area contributed by atoms with E-state index < -0.39 is 0 Å². The normalized spacial score (nSPS) is 20.4. The van der Waals surface area contributed by atoms with Gasteiger partial charge in [-0.05, 0) is 48.2 Å². The van der Waals surface area contributed by atoms with Crippen molar-refractivity contribution in [1.82, 2.24) is 20.6 Å². The van der Waals surface area contributed by atoms with Gasteiger partial charge in [0.25, 0.3) is 5.91 Å². The molecule has 1 aliphatic carbocycles. The van der Waals surface area contributed by atoms with Gasteiger partial charge < -0.3 is 25.4 Å².